The molecule has 444 valence electrons. The van der Waals surface area contributed by atoms with Gasteiger partial charge in [-0.3, -0.25) is 9.59 Å². The molecular weight excluding hydrogens is 923 g/mol. The van der Waals surface area contributed by atoms with Gasteiger partial charge in [-0.1, -0.05) is 334 Å². The molecule has 2 atom stereocenters. The highest BCUT2D eigenvalue weighted by molar-refractivity contribution is 5.76. The summed E-state index contributed by atoms with van der Waals surface area (Å²) >= 11 is 0. The normalized spacial score (nSPS) is 12.6. The van der Waals surface area contributed by atoms with Gasteiger partial charge in [0.25, 0.3) is 0 Å². The van der Waals surface area contributed by atoms with Crippen LogP contribution in [-0.4, -0.2) is 47.4 Å². The predicted molar refractivity (Wildman–Crippen MR) is 329 cm³/mol. The molecule has 0 aromatic carbocycles. The number of hydrogen-bond donors (Lipinski definition) is 3. The van der Waals surface area contributed by atoms with Crippen molar-refractivity contribution in [3.8, 4) is 0 Å². The van der Waals surface area contributed by atoms with Crippen molar-refractivity contribution in [3.63, 3.8) is 0 Å². The van der Waals surface area contributed by atoms with Crippen molar-refractivity contribution in [2.45, 2.75) is 392 Å². The maximum Gasteiger partial charge on any atom is 0.305 e. The van der Waals surface area contributed by atoms with Gasteiger partial charge >= 0.3 is 5.97 Å². The summed E-state index contributed by atoms with van der Waals surface area (Å²) in [6.45, 7) is 4.91. The standard InChI is InChI=1S/C69H133NO5/c1-3-5-7-9-11-13-14-15-16-17-30-34-37-40-43-47-51-55-59-63-69(74)75-64-60-56-52-48-44-41-38-35-32-29-27-25-23-21-19-18-20-22-24-26-28-31-33-36-39-42-46-50-54-58-62-68(73)70-66(65-71)67(72)61-57-53-49-45-12-10-8-6-4-2/h19,21,57,61,66-67,71-72H,3-18,20,22-56,58-60,62-65H2,1-2H3,(H,70,73)/b21-19-,61-57+. The summed E-state index contributed by atoms with van der Waals surface area (Å²) in [7, 11) is 0. The number of allylic oxidation sites excluding steroid dienone is 3. The molecule has 0 fully saturated rings. The number of ether oxygens (including phenoxy) is 1. The average Bonchev–Trinajstić information content (AvgIpc) is 3.41. The van der Waals surface area contributed by atoms with Gasteiger partial charge < -0.3 is 20.3 Å². The van der Waals surface area contributed by atoms with Crippen molar-refractivity contribution in [3.05, 3.63) is 24.3 Å². The van der Waals surface area contributed by atoms with Crippen molar-refractivity contribution >= 4 is 11.9 Å². The fourth-order valence-corrected chi connectivity index (χ4v) is 10.7. The molecule has 0 bridgehead atoms. The zero-order valence-electron chi connectivity index (χ0n) is 50.8. The summed E-state index contributed by atoms with van der Waals surface area (Å²) in [5.41, 5.74) is 0. The number of nitrogens with one attached hydrogen (secondary N) is 1. The Kier molecular flexibility index (Phi) is 63.4. The van der Waals surface area contributed by atoms with E-state index in [1.807, 2.05) is 6.08 Å². The molecule has 6 nitrogen and oxygen atoms in total. The smallest absolute Gasteiger partial charge is 0.305 e. The second kappa shape index (κ2) is 64.9. The van der Waals surface area contributed by atoms with Gasteiger partial charge in [0.05, 0.1) is 25.4 Å². The van der Waals surface area contributed by atoms with Crippen LogP contribution >= 0.6 is 0 Å². The first-order chi connectivity index (χ1) is 37.0. The molecule has 0 rings (SSSR count). The average molecular weight is 1060 g/mol. The van der Waals surface area contributed by atoms with Crippen LogP contribution in [0.15, 0.2) is 24.3 Å². The zero-order chi connectivity index (χ0) is 54.3. The second-order valence-electron chi connectivity index (χ2n) is 23.5. The van der Waals surface area contributed by atoms with Crippen LogP contribution in [0.5, 0.6) is 0 Å². The topological polar surface area (TPSA) is 95.9 Å². The molecule has 0 spiro atoms. The summed E-state index contributed by atoms with van der Waals surface area (Å²) in [6, 6.07) is -0.624. The van der Waals surface area contributed by atoms with Crippen LogP contribution < -0.4 is 5.32 Å². The Bertz CT molecular complexity index is 1170. The van der Waals surface area contributed by atoms with E-state index in [-0.39, 0.29) is 18.5 Å². The van der Waals surface area contributed by atoms with Gasteiger partial charge in [0.15, 0.2) is 0 Å². The van der Waals surface area contributed by atoms with Crippen molar-refractivity contribution in [2.24, 2.45) is 0 Å². The van der Waals surface area contributed by atoms with Crippen molar-refractivity contribution in [2.75, 3.05) is 13.2 Å². The Balaban J connectivity index is 3.32. The molecule has 0 saturated heterocycles. The fraction of sp³-hybridized carbons (Fsp3) is 0.913. The first-order valence-electron chi connectivity index (χ1n) is 34.1. The maximum absolute atomic E-state index is 12.4. The van der Waals surface area contributed by atoms with Gasteiger partial charge in [-0.2, -0.15) is 0 Å². The van der Waals surface area contributed by atoms with E-state index in [1.165, 1.54) is 315 Å². The Morgan fingerprint density at radius 3 is 0.947 bits per heavy atom. The zero-order valence-corrected chi connectivity index (χ0v) is 50.8. The summed E-state index contributed by atoms with van der Waals surface area (Å²) in [5, 5.41) is 23.0. The van der Waals surface area contributed by atoms with Crippen molar-refractivity contribution < 1.29 is 24.5 Å². The number of aliphatic hydroxyl groups is 2. The van der Waals surface area contributed by atoms with Crippen LogP contribution in [-0.2, 0) is 14.3 Å². The van der Waals surface area contributed by atoms with E-state index in [2.05, 4.69) is 31.3 Å². The van der Waals surface area contributed by atoms with Crippen LogP contribution in [0.2, 0.25) is 0 Å². The summed E-state index contributed by atoms with van der Waals surface area (Å²) in [4.78, 5) is 24.5. The van der Waals surface area contributed by atoms with E-state index in [9.17, 15) is 19.8 Å². The lowest BCUT2D eigenvalue weighted by atomic mass is 10.0. The third-order valence-corrected chi connectivity index (χ3v) is 16.0. The predicted octanol–water partition coefficient (Wildman–Crippen LogP) is 21.8. The van der Waals surface area contributed by atoms with Crippen LogP contribution in [0.25, 0.3) is 0 Å². The van der Waals surface area contributed by atoms with Gasteiger partial charge in [-0.25, -0.2) is 0 Å². The lowest BCUT2D eigenvalue weighted by Crippen LogP contribution is -2.45. The highest BCUT2D eigenvalue weighted by atomic mass is 16.5. The van der Waals surface area contributed by atoms with E-state index in [0.29, 0.717) is 19.4 Å². The first kappa shape index (κ1) is 73.3. The molecule has 0 aliphatic carbocycles. The van der Waals surface area contributed by atoms with Crippen LogP contribution in [0, 0.1) is 0 Å². The van der Waals surface area contributed by atoms with E-state index in [0.717, 1.165) is 38.5 Å². The maximum atomic E-state index is 12.4. The monoisotopic (exact) mass is 1060 g/mol. The van der Waals surface area contributed by atoms with Gasteiger partial charge in [0.2, 0.25) is 5.91 Å². The van der Waals surface area contributed by atoms with Gasteiger partial charge in [0, 0.05) is 12.8 Å². The lowest BCUT2D eigenvalue weighted by molar-refractivity contribution is -0.143. The van der Waals surface area contributed by atoms with Crippen LogP contribution in [0.4, 0.5) is 0 Å². The molecule has 75 heavy (non-hydrogen) atoms. The Labute approximate surface area is 469 Å². The molecule has 1 amide bonds. The Morgan fingerprint density at radius 2 is 0.627 bits per heavy atom. The number of carbonyl (C=O) groups excluding carboxylic acids is 2. The van der Waals surface area contributed by atoms with Crippen molar-refractivity contribution in [1.29, 1.82) is 0 Å². The minimum absolute atomic E-state index is 0.0220. The second-order valence-corrected chi connectivity index (χ2v) is 23.5. The van der Waals surface area contributed by atoms with E-state index in [4.69, 9.17) is 4.74 Å². The summed E-state index contributed by atoms with van der Waals surface area (Å²) < 4.78 is 5.51. The summed E-state index contributed by atoms with van der Waals surface area (Å²) in [6.07, 6.45) is 81.3. The number of amides is 1. The SMILES string of the molecule is CCCCCCCCC/C=C/C(O)C(CO)NC(=O)CCCCCCCCCCCCCCCC/C=C\CCCCCCCCCCCCCCOC(=O)CCCCCCCCCCCCCCCCCCCCC. The molecule has 0 aliphatic heterocycles. The number of aliphatic hydroxyl groups excluding tert-OH is 2. The Morgan fingerprint density at radius 1 is 0.360 bits per heavy atom. The quantitative estimate of drug-likeness (QED) is 0.0320. The molecular formula is C69H133NO5. The Hall–Kier alpha value is -1.66. The van der Waals surface area contributed by atoms with Gasteiger partial charge in [0.1, 0.15) is 0 Å². The molecule has 0 aromatic heterocycles. The lowest BCUT2D eigenvalue weighted by Gasteiger charge is -2.20. The molecule has 3 N–H and O–H groups in total. The number of rotatable bonds is 64. The first-order valence-corrected chi connectivity index (χ1v) is 34.1. The third-order valence-electron chi connectivity index (χ3n) is 16.0. The molecule has 0 saturated carbocycles. The minimum atomic E-state index is -0.841. The van der Waals surface area contributed by atoms with Crippen molar-refractivity contribution in [1.82, 2.24) is 5.32 Å². The minimum Gasteiger partial charge on any atom is -0.466 e. The molecule has 6 heteroatoms. The number of carbonyl (C=O) groups is 2. The van der Waals surface area contributed by atoms with Crippen LogP contribution in [0.3, 0.4) is 0 Å². The summed E-state index contributed by atoms with van der Waals surface area (Å²) in [5.74, 6) is -0.0459. The molecule has 0 aliphatic rings. The molecule has 0 heterocycles. The van der Waals surface area contributed by atoms with Crippen LogP contribution in [0.1, 0.15) is 380 Å². The van der Waals surface area contributed by atoms with E-state index >= 15 is 0 Å². The third kappa shape index (κ3) is 61.4. The molecule has 0 radical (unpaired) electrons. The van der Waals surface area contributed by atoms with E-state index in [1.54, 1.807) is 6.08 Å². The largest absolute Gasteiger partial charge is 0.466 e. The number of esters is 1. The number of unbranched alkanes of at least 4 members (excludes halogenated alkanes) is 51. The fourth-order valence-electron chi connectivity index (χ4n) is 10.7. The molecule has 0 aromatic rings. The van der Waals surface area contributed by atoms with Gasteiger partial charge in [-0.15, -0.1) is 0 Å². The molecule has 2 unspecified atom stereocenters. The highest BCUT2D eigenvalue weighted by Crippen LogP contribution is 2.18. The highest BCUT2D eigenvalue weighted by Gasteiger charge is 2.18. The van der Waals surface area contributed by atoms with Gasteiger partial charge in [-0.05, 0) is 57.8 Å². The number of hydrogen-bond acceptors (Lipinski definition) is 5. The van der Waals surface area contributed by atoms with E-state index < -0.39 is 12.1 Å².